The van der Waals surface area contributed by atoms with Crippen molar-refractivity contribution in [2.24, 2.45) is 4.99 Å². The van der Waals surface area contributed by atoms with E-state index in [0.29, 0.717) is 26.8 Å². The highest BCUT2D eigenvalue weighted by Gasteiger charge is 2.35. The third kappa shape index (κ3) is 5.21. The number of aromatic nitrogens is 2. The number of ketones is 1. The molecule has 160 valence electrons. The molecule has 0 saturated carbocycles. The van der Waals surface area contributed by atoms with E-state index in [9.17, 15) is 4.79 Å². The van der Waals surface area contributed by atoms with Crippen LogP contribution >= 0.6 is 57.6 Å². The van der Waals surface area contributed by atoms with E-state index in [4.69, 9.17) is 28.2 Å². The van der Waals surface area contributed by atoms with E-state index in [1.807, 2.05) is 37.3 Å². The van der Waals surface area contributed by atoms with Crippen LogP contribution in [0.4, 0.5) is 0 Å². The van der Waals surface area contributed by atoms with Crippen LogP contribution in [0.2, 0.25) is 8.93 Å². The number of benzene rings is 1. The Morgan fingerprint density at radius 3 is 2.32 bits per heavy atom. The third-order valence-electron chi connectivity index (χ3n) is 4.70. The van der Waals surface area contributed by atoms with E-state index in [1.165, 1.54) is 22.7 Å². The molecule has 0 aliphatic carbocycles. The number of amidine groups is 1. The number of thiazole rings is 2. The average Bonchev–Trinajstić information content (AvgIpc) is 3.35. The molecule has 1 atom stereocenters. The van der Waals surface area contributed by atoms with Crippen LogP contribution in [0.1, 0.15) is 35.2 Å². The van der Waals surface area contributed by atoms with Gasteiger partial charge in [0.1, 0.15) is 0 Å². The van der Waals surface area contributed by atoms with Crippen LogP contribution in [0.25, 0.3) is 0 Å². The summed E-state index contributed by atoms with van der Waals surface area (Å²) in [6.07, 6.45) is 3.56. The Bertz CT molecular complexity index is 1160. The molecule has 4 rings (SSSR count). The highest BCUT2D eigenvalue weighted by Crippen LogP contribution is 2.40. The van der Waals surface area contributed by atoms with Gasteiger partial charge in [-0.3, -0.25) is 4.79 Å². The number of rotatable bonds is 6. The summed E-state index contributed by atoms with van der Waals surface area (Å²) in [7, 11) is 0. The van der Waals surface area contributed by atoms with Gasteiger partial charge in [-0.2, -0.15) is 0 Å². The maximum absolute atomic E-state index is 12.7. The minimum atomic E-state index is -0.246. The van der Waals surface area contributed by atoms with Crippen LogP contribution in [0.3, 0.4) is 0 Å². The second-order valence-electron chi connectivity index (χ2n) is 6.84. The van der Waals surface area contributed by atoms with Gasteiger partial charge in [-0.05, 0) is 19.4 Å². The van der Waals surface area contributed by atoms with Gasteiger partial charge in [-0.15, -0.1) is 22.7 Å². The number of nitrogens with zero attached hydrogens (tertiary/aromatic N) is 4. The molecule has 0 N–H and O–H groups in total. The van der Waals surface area contributed by atoms with E-state index in [2.05, 4.69) is 14.9 Å². The summed E-state index contributed by atoms with van der Waals surface area (Å²) in [5, 5.41) is 0.838. The Morgan fingerprint density at radius 2 is 1.74 bits per heavy atom. The second kappa shape index (κ2) is 9.83. The summed E-state index contributed by atoms with van der Waals surface area (Å²) >= 11 is 16.6. The fourth-order valence-electron chi connectivity index (χ4n) is 3.45. The predicted molar refractivity (Wildman–Crippen MR) is 131 cm³/mol. The molecule has 0 amide bonds. The van der Waals surface area contributed by atoms with Gasteiger partial charge in [0.15, 0.2) is 19.9 Å². The molecule has 0 bridgehead atoms. The van der Waals surface area contributed by atoms with E-state index >= 15 is 0 Å². The number of halogens is 2. The number of thioether (sulfide) groups is 1. The van der Waals surface area contributed by atoms with Crippen LogP contribution in [0.5, 0.6) is 0 Å². The zero-order chi connectivity index (χ0) is 22.0. The van der Waals surface area contributed by atoms with Crippen molar-refractivity contribution in [2.45, 2.75) is 32.2 Å². The largest absolute Gasteiger partial charge is 0.335 e. The van der Waals surface area contributed by atoms with Gasteiger partial charge in [-0.25, -0.2) is 15.0 Å². The first kappa shape index (κ1) is 22.5. The summed E-state index contributed by atoms with van der Waals surface area (Å²) < 4.78 is 1.02. The Labute approximate surface area is 202 Å². The Morgan fingerprint density at radius 1 is 1.10 bits per heavy atom. The molecular formula is C21H18Cl2N4OS3. The summed E-state index contributed by atoms with van der Waals surface area (Å²) in [5.74, 6) is 0.702. The number of aliphatic imine (C=N–C) groups is 1. The lowest BCUT2D eigenvalue weighted by atomic mass is 9.92. The fraction of sp³-hybridized carbons (Fsp3) is 0.238. The van der Waals surface area contributed by atoms with Crippen LogP contribution < -0.4 is 0 Å². The summed E-state index contributed by atoms with van der Waals surface area (Å²) in [6.45, 7) is 4.05. The van der Waals surface area contributed by atoms with Crippen molar-refractivity contribution in [1.82, 2.24) is 14.9 Å². The molecule has 1 aromatic carbocycles. The molecule has 0 spiro atoms. The van der Waals surface area contributed by atoms with Crippen LogP contribution in [0.15, 0.2) is 59.0 Å². The number of hydrogen-bond donors (Lipinski definition) is 0. The first-order valence-electron chi connectivity index (χ1n) is 9.37. The van der Waals surface area contributed by atoms with E-state index in [0.717, 1.165) is 26.2 Å². The molecule has 0 radical (unpaired) electrons. The summed E-state index contributed by atoms with van der Waals surface area (Å²) in [5.41, 5.74) is 2.48. The summed E-state index contributed by atoms with van der Waals surface area (Å²) in [6, 6.07) is 9.80. The molecule has 10 heteroatoms. The monoisotopic (exact) mass is 508 g/mol. The number of carbonyl (C=O) groups excluding carboxylic acids is 1. The van der Waals surface area contributed by atoms with Crippen LogP contribution in [-0.4, -0.2) is 25.8 Å². The molecule has 3 aromatic rings. The van der Waals surface area contributed by atoms with Crippen molar-refractivity contribution in [1.29, 1.82) is 0 Å². The van der Waals surface area contributed by atoms with Crippen molar-refractivity contribution >= 4 is 68.6 Å². The predicted octanol–water partition coefficient (Wildman–Crippen LogP) is 6.62. The number of Topliss-reactive ketones (excluding diaryl/α,β-unsaturated/α-hetero) is 1. The lowest BCUT2D eigenvalue weighted by molar-refractivity contribution is -0.114. The zero-order valence-electron chi connectivity index (χ0n) is 16.7. The molecule has 0 fully saturated rings. The van der Waals surface area contributed by atoms with Gasteiger partial charge in [0.05, 0.1) is 12.6 Å². The molecule has 2 aromatic heterocycles. The van der Waals surface area contributed by atoms with Crippen LogP contribution in [-0.2, 0) is 17.1 Å². The van der Waals surface area contributed by atoms with Gasteiger partial charge in [-0.1, -0.05) is 65.3 Å². The number of allylic oxidation sites excluding steroid dienone is 1. The molecule has 1 aliphatic rings. The van der Waals surface area contributed by atoms with E-state index < -0.39 is 0 Å². The lowest BCUT2D eigenvalue weighted by Gasteiger charge is -2.38. The third-order valence-corrected chi connectivity index (χ3v) is 8.14. The average molecular weight is 510 g/mol. The van der Waals surface area contributed by atoms with E-state index in [-0.39, 0.29) is 11.8 Å². The maximum Gasteiger partial charge on any atom is 0.183 e. The van der Waals surface area contributed by atoms with Crippen molar-refractivity contribution in [3.05, 3.63) is 78.2 Å². The topological polar surface area (TPSA) is 58.5 Å². The SMILES string of the molecule is CC(=O)C1=C(C)N=C(SCc2cnc(Cl)s2)N(Cc2cnc(Cl)s2)[C@@H]1c1ccccc1. The molecule has 3 heterocycles. The highest BCUT2D eigenvalue weighted by atomic mass is 35.5. The fourth-order valence-corrected chi connectivity index (χ4v) is 6.49. The van der Waals surface area contributed by atoms with Crippen LogP contribution in [0, 0.1) is 0 Å². The summed E-state index contributed by atoms with van der Waals surface area (Å²) in [4.78, 5) is 30.0. The van der Waals surface area contributed by atoms with Gasteiger partial charge in [0.25, 0.3) is 0 Å². The number of hydrogen-bond acceptors (Lipinski definition) is 8. The molecule has 1 aliphatic heterocycles. The van der Waals surface area contributed by atoms with Gasteiger partial charge in [0.2, 0.25) is 0 Å². The zero-order valence-corrected chi connectivity index (χ0v) is 20.7. The number of carbonyl (C=O) groups is 1. The minimum absolute atomic E-state index is 0.0146. The van der Waals surface area contributed by atoms with Crippen molar-refractivity contribution < 1.29 is 4.79 Å². The van der Waals surface area contributed by atoms with Crippen molar-refractivity contribution in [2.75, 3.05) is 0 Å². The quantitative estimate of drug-likeness (QED) is 0.374. The molecule has 0 unspecified atom stereocenters. The first-order chi connectivity index (χ1) is 14.9. The minimum Gasteiger partial charge on any atom is -0.335 e. The molecular weight excluding hydrogens is 491 g/mol. The Balaban J connectivity index is 1.75. The van der Waals surface area contributed by atoms with Gasteiger partial charge < -0.3 is 4.90 Å². The second-order valence-corrected chi connectivity index (χ2v) is 11.2. The Hall–Kier alpha value is -1.71. The lowest BCUT2D eigenvalue weighted by Crippen LogP contribution is -2.38. The maximum atomic E-state index is 12.7. The van der Waals surface area contributed by atoms with Gasteiger partial charge in [0, 0.05) is 39.2 Å². The molecule has 31 heavy (non-hydrogen) atoms. The van der Waals surface area contributed by atoms with Gasteiger partial charge >= 0.3 is 0 Å². The highest BCUT2D eigenvalue weighted by molar-refractivity contribution is 8.13. The Kier molecular flexibility index (Phi) is 7.13. The van der Waals surface area contributed by atoms with E-state index in [1.54, 1.807) is 31.1 Å². The molecule has 0 saturated heterocycles. The molecule has 5 nitrogen and oxygen atoms in total. The smallest absolute Gasteiger partial charge is 0.183 e. The first-order valence-corrected chi connectivity index (χ1v) is 12.7. The van der Waals surface area contributed by atoms with Crippen molar-refractivity contribution in [3.63, 3.8) is 0 Å². The standard InChI is InChI=1S/C21H18Cl2N4OS3/c1-12-17(13(2)28)18(14-6-4-3-5-7-14)27(10-15-8-24-19(22)30-15)21(26-12)29-11-16-9-25-20(23)31-16/h3-9,18H,10-11H2,1-2H3/t18-/m1/s1. The van der Waals surface area contributed by atoms with Crippen molar-refractivity contribution in [3.8, 4) is 0 Å². The normalized spacial score (nSPS) is 16.6.